The molecular formula is C27H33N3O2+2. The van der Waals surface area contributed by atoms with Gasteiger partial charge in [-0.2, -0.15) is 0 Å². The van der Waals surface area contributed by atoms with Crippen LogP contribution in [0.15, 0.2) is 60.7 Å². The van der Waals surface area contributed by atoms with Gasteiger partial charge in [0.1, 0.15) is 50.8 Å². The Morgan fingerprint density at radius 1 is 0.844 bits per heavy atom. The zero-order valence-electron chi connectivity index (χ0n) is 19.0. The van der Waals surface area contributed by atoms with Crippen molar-refractivity contribution in [3.8, 4) is 11.5 Å². The Labute approximate surface area is 189 Å². The summed E-state index contributed by atoms with van der Waals surface area (Å²) in [6.07, 6.45) is 0. The number of hydrogen-bond donors (Lipinski definition) is 3. The third-order valence-electron chi connectivity index (χ3n) is 7.00. The van der Waals surface area contributed by atoms with Crippen LogP contribution in [0.2, 0.25) is 0 Å². The van der Waals surface area contributed by atoms with E-state index in [9.17, 15) is 5.11 Å². The Morgan fingerprint density at radius 2 is 1.56 bits per heavy atom. The maximum atomic E-state index is 10.2. The molecule has 1 fully saturated rings. The van der Waals surface area contributed by atoms with E-state index in [1.807, 2.05) is 12.1 Å². The van der Waals surface area contributed by atoms with Gasteiger partial charge >= 0.3 is 0 Å². The smallest absolute Gasteiger partial charge is 0.127 e. The van der Waals surface area contributed by atoms with Crippen LogP contribution in [0.1, 0.15) is 18.1 Å². The van der Waals surface area contributed by atoms with Crippen molar-refractivity contribution >= 4 is 21.8 Å². The molecule has 4 aromatic rings. The highest BCUT2D eigenvalue weighted by molar-refractivity contribution is 6.08. The summed E-state index contributed by atoms with van der Waals surface area (Å²) >= 11 is 0. The average Bonchev–Trinajstić information content (AvgIpc) is 3.15. The van der Waals surface area contributed by atoms with Crippen molar-refractivity contribution in [2.45, 2.75) is 26.6 Å². The van der Waals surface area contributed by atoms with Crippen molar-refractivity contribution in [2.24, 2.45) is 0 Å². The minimum Gasteiger partial charge on any atom is -0.507 e. The number of methoxy groups -OCH3 is 1. The van der Waals surface area contributed by atoms with Crippen LogP contribution in [0.3, 0.4) is 0 Å². The summed E-state index contributed by atoms with van der Waals surface area (Å²) in [7, 11) is 1.67. The van der Waals surface area contributed by atoms with Gasteiger partial charge in [-0.25, -0.2) is 0 Å². The van der Waals surface area contributed by atoms with Gasteiger partial charge in [-0.15, -0.1) is 0 Å². The molecule has 0 atom stereocenters. The van der Waals surface area contributed by atoms with E-state index in [4.69, 9.17) is 4.74 Å². The fourth-order valence-electron chi connectivity index (χ4n) is 5.25. The van der Waals surface area contributed by atoms with Crippen molar-refractivity contribution in [1.29, 1.82) is 0 Å². The number of ether oxygens (including phenoxy) is 1. The predicted octanol–water partition coefficient (Wildman–Crippen LogP) is 2.01. The second-order valence-corrected chi connectivity index (χ2v) is 8.96. The van der Waals surface area contributed by atoms with Crippen LogP contribution in [0.4, 0.5) is 0 Å². The summed E-state index contributed by atoms with van der Waals surface area (Å²) in [5.74, 6) is 1.17. The fraction of sp³-hybridized carbons (Fsp3) is 0.333. The lowest BCUT2D eigenvalue weighted by atomic mass is 10.1. The Kier molecular flexibility index (Phi) is 5.77. The molecule has 5 nitrogen and oxygen atoms in total. The van der Waals surface area contributed by atoms with E-state index in [1.54, 1.807) is 18.1 Å². The number of para-hydroxylation sites is 1. The summed E-state index contributed by atoms with van der Waals surface area (Å²) in [6.45, 7) is 9.65. The van der Waals surface area contributed by atoms with E-state index < -0.39 is 0 Å². The van der Waals surface area contributed by atoms with Gasteiger partial charge in [0.15, 0.2) is 0 Å². The first-order valence-electron chi connectivity index (χ1n) is 11.7. The molecular weight excluding hydrogens is 398 g/mol. The third-order valence-corrected chi connectivity index (χ3v) is 7.00. The first kappa shape index (κ1) is 20.9. The number of benzene rings is 3. The summed E-state index contributed by atoms with van der Waals surface area (Å²) in [5.41, 5.74) is 5.05. The molecule has 5 heteroatoms. The predicted molar refractivity (Wildman–Crippen MR) is 129 cm³/mol. The van der Waals surface area contributed by atoms with Crippen LogP contribution >= 0.6 is 0 Å². The van der Waals surface area contributed by atoms with Crippen molar-refractivity contribution in [3.05, 3.63) is 71.8 Å². The number of nitrogens with zero attached hydrogens (tertiary/aromatic N) is 1. The van der Waals surface area contributed by atoms with E-state index in [0.29, 0.717) is 5.75 Å². The van der Waals surface area contributed by atoms with Crippen molar-refractivity contribution in [3.63, 3.8) is 0 Å². The number of hydrogen-bond acceptors (Lipinski definition) is 2. The molecule has 0 radical (unpaired) electrons. The summed E-state index contributed by atoms with van der Waals surface area (Å²) < 4.78 is 7.74. The molecule has 1 aliphatic rings. The van der Waals surface area contributed by atoms with E-state index in [2.05, 4.69) is 54.0 Å². The second kappa shape index (κ2) is 8.85. The monoisotopic (exact) mass is 431 g/mol. The SMILES string of the molecule is CCn1c2ccccc2c2cc(C[NH+]3CC[NH+](Cc4cc(OC)ccc4O)CC3)ccc21. The molecule has 1 aliphatic heterocycles. The number of nitrogens with one attached hydrogen (secondary N) is 2. The Balaban J connectivity index is 1.27. The molecule has 166 valence electrons. The van der Waals surface area contributed by atoms with Gasteiger partial charge in [-0.1, -0.05) is 24.3 Å². The van der Waals surface area contributed by atoms with E-state index in [-0.39, 0.29) is 0 Å². The number of aromatic hydroxyl groups is 1. The van der Waals surface area contributed by atoms with Crippen LogP contribution in [0.5, 0.6) is 11.5 Å². The van der Waals surface area contributed by atoms with Gasteiger partial charge < -0.3 is 24.2 Å². The molecule has 0 unspecified atom stereocenters. The van der Waals surface area contributed by atoms with Crippen molar-refractivity contribution in [2.75, 3.05) is 33.3 Å². The summed E-state index contributed by atoms with van der Waals surface area (Å²) in [5, 5.41) is 12.9. The van der Waals surface area contributed by atoms with Crippen LogP contribution in [0.25, 0.3) is 21.8 Å². The lowest BCUT2D eigenvalue weighted by molar-refractivity contribution is -1.02. The average molecular weight is 432 g/mol. The lowest BCUT2D eigenvalue weighted by Gasteiger charge is -2.30. The first-order chi connectivity index (χ1) is 15.7. The molecule has 1 aromatic heterocycles. The third kappa shape index (κ3) is 3.94. The maximum Gasteiger partial charge on any atom is 0.127 e. The highest BCUT2D eigenvalue weighted by atomic mass is 16.5. The van der Waals surface area contributed by atoms with Crippen molar-refractivity contribution < 1.29 is 19.6 Å². The minimum absolute atomic E-state index is 0.368. The van der Waals surface area contributed by atoms with Gasteiger partial charge in [-0.05, 0) is 43.3 Å². The number of phenols is 1. The highest BCUT2D eigenvalue weighted by Gasteiger charge is 2.24. The quantitative estimate of drug-likeness (QED) is 0.437. The van der Waals surface area contributed by atoms with Gasteiger partial charge in [-0.3, -0.25) is 0 Å². The number of piperazine rings is 1. The lowest BCUT2D eigenvalue weighted by Crippen LogP contribution is -3.27. The molecule has 0 bridgehead atoms. The molecule has 0 aliphatic carbocycles. The molecule has 3 N–H and O–H groups in total. The largest absolute Gasteiger partial charge is 0.507 e. The molecule has 5 rings (SSSR count). The molecule has 32 heavy (non-hydrogen) atoms. The molecule has 0 saturated carbocycles. The Bertz CT molecular complexity index is 1240. The molecule has 3 aromatic carbocycles. The van der Waals surface area contributed by atoms with Crippen LogP contribution in [-0.2, 0) is 19.6 Å². The molecule has 1 saturated heterocycles. The zero-order chi connectivity index (χ0) is 22.1. The zero-order valence-corrected chi connectivity index (χ0v) is 19.0. The van der Waals surface area contributed by atoms with Crippen LogP contribution in [-0.4, -0.2) is 43.0 Å². The fourth-order valence-corrected chi connectivity index (χ4v) is 5.25. The van der Waals surface area contributed by atoms with Crippen LogP contribution < -0.4 is 14.5 Å². The van der Waals surface area contributed by atoms with Crippen molar-refractivity contribution in [1.82, 2.24) is 4.57 Å². The number of aromatic nitrogens is 1. The van der Waals surface area contributed by atoms with E-state index in [0.717, 1.165) is 57.1 Å². The number of fused-ring (bicyclic) bond motifs is 3. The number of rotatable bonds is 6. The molecule has 2 heterocycles. The van der Waals surface area contributed by atoms with E-state index >= 15 is 0 Å². The van der Waals surface area contributed by atoms with Crippen LogP contribution in [0, 0.1) is 0 Å². The minimum atomic E-state index is 0.368. The summed E-state index contributed by atoms with van der Waals surface area (Å²) in [4.78, 5) is 3.17. The van der Waals surface area contributed by atoms with Gasteiger partial charge in [0, 0.05) is 33.9 Å². The van der Waals surface area contributed by atoms with Gasteiger partial charge in [0.2, 0.25) is 0 Å². The summed E-state index contributed by atoms with van der Waals surface area (Å²) in [6, 6.07) is 21.3. The first-order valence-corrected chi connectivity index (χ1v) is 11.7. The standard InChI is InChI=1S/C27H31N3O2/c1-3-30-25-7-5-4-6-23(25)24-16-20(8-10-26(24)30)18-28-12-14-29(15-13-28)19-21-17-22(32-2)9-11-27(21)31/h4-11,16-17,31H,3,12-15,18-19H2,1-2H3/p+2. The number of quaternary nitrogens is 2. The highest BCUT2D eigenvalue weighted by Crippen LogP contribution is 2.29. The normalized spacial score (nSPS) is 18.9. The molecule has 0 amide bonds. The van der Waals surface area contributed by atoms with E-state index in [1.165, 1.54) is 32.3 Å². The number of aryl methyl sites for hydroxylation is 1. The second-order valence-electron chi connectivity index (χ2n) is 8.96. The topological polar surface area (TPSA) is 43.3 Å². The Hall–Kier alpha value is -3.02. The molecule has 0 spiro atoms. The number of phenolic OH excluding ortho intramolecular Hbond substituents is 1. The van der Waals surface area contributed by atoms with Gasteiger partial charge in [0.05, 0.1) is 12.7 Å². The Morgan fingerprint density at radius 3 is 2.31 bits per heavy atom. The van der Waals surface area contributed by atoms with Gasteiger partial charge in [0.25, 0.3) is 0 Å². The maximum absolute atomic E-state index is 10.2.